The summed E-state index contributed by atoms with van der Waals surface area (Å²) < 4.78 is 0. The molecule has 2 N–H and O–H groups in total. The highest BCUT2D eigenvalue weighted by Gasteiger charge is 2.23. The van der Waals surface area contributed by atoms with Crippen LogP contribution in [0.3, 0.4) is 0 Å². The Morgan fingerprint density at radius 3 is 2.35 bits per heavy atom. The van der Waals surface area contributed by atoms with Gasteiger partial charge in [-0.25, -0.2) is 0 Å². The van der Waals surface area contributed by atoms with Gasteiger partial charge in [-0.2, -0.15) is 0 Å². The number of rotatable bonds is 8. The van der Waals surface area contributed by atoms with E-state index in [4.69, 9.17) is 4.99 Å². The van der Waals surface area contributed by atoms with Gasteiger partial charge < -0.3 is 20.4 Å². The van der Waals surface area contributed by atoms with Crippen molar-refractivity contribution >= 4 is 5.96 Å². The maximum absolute atomic E-state index is 4.82. The summed E-state index contributed by atoms with van der Waals surface area (Å²) in [7, 11) is 2.22. The van der Waals surface area contributed by atoms with Crippen LogP contribution in [0.25, 0.3) is 0 Å². The van der Waals surface area contributed by atoms with Gasteiger partial charge in [0, 0.05) is 45.3 Å². The molecule has 1 aliphatic heterocycles. The van der Waals surface area contributed by atoms with Gasteiger partial charge in [0.2, 0.25) is 0 Å². The van der Waals surface area contributed by atoms with Crippen LogP contribution in [-0.2, 0) is 0 Å². The summed E-state index contributed by atoms with van der Waals surface area (Å²) in [5.74, 6) is 2.78. The van der Waals surface area contributed by atoms with E-state index >= 15 is 0 Å². The average molecular weight is 366 g/mol. The zero-order chi connectivity index (χ0) is 18.8. The number of unbranched alkanes of at least 4 members (excludes halogenated alkanes) is 1. The molecule has 152 valence electrons. The standard InChI is InChI=1S/C21H43N5/c1-5-22-21(24-20-10-8-19(9-11-20)18(2)3)23-12-6-7-13-26-16-14-25(4)15-17-26/h18-20H,5-17H2,1-4H3,(H2,22,23,24). The van der Waals surface area contributed by atoms with Gasteiger partial charge in [-0.15, -0.1) is 0 Å². The molecule has 2 aliphatic rings. The van der Waals surface area contributed by atoms with E-state index in [1.54, 1.807) is 0 Å². The summed E-state index contributed by atoms with van der Waals surface area (Å²) in [4.78, 5) is 9.84. The van der Waals surface area contributed by atoms with Crippen LogP contribution in [-0.4, -0.2) is 74.7 Å². The number of aliphatic imine (C=N–C) groups is 1. The molecule has 1 saturated heterocycles. The number of likely N-dealkylation sites (N-methyl/N-ethyl adjacent to an activating group) is 1. The number of hydrogen-bond acceptors (Lipinski definition) is 3. The Morgan fingerprint density at radius 1 is 1.04 bits per heavy atom. The molecule has 1 saturated carbocycles. The van der Waals surface area contributed by atoms with Gasteiger partial charge in [0.15, 0.2) is 5.96 Å². The Labute approximate surface area is 162 Å². The van der Waals surface area contributed by atoms with Crippen molar-refractivity contribution in [2.75, 3.05) is 52.9 Å². The van der Waals surface area contributed by atoms with Crippen LogP contribution in [0, 0.1) is 11.8 Å². The third kappa shape index (κ3) is 7.83. The molecule has 0 unspecified atom stereocenters. The van der Waals surface area contributed by atoms with E-state index in [0.29, 0.717) is 6.04 Å². The van der Waals surface area contributed by atoms with Gasteiger partial charge in [0.25, 0.3) is 0 Å². The smallest absolute Gasteiger partial charge is 0.191 e. The lowest BCUT2D eigenvalue weighted by Gasteiger charge is -2.32. The minimum atomic E-state index is 0.605. The maximum Gasteiger partial charge on any atom is 0.191 e. The molecule has 1 aliphatic carbocycles. The molecule has 0 atom stereocenters. The van der Waals surface area contributed by atoms with E-state index < -0.39 is 0 Å². The summed E-state index contributed by atoms with van der Waals surface area (Å²) in [6.07, 6.45) is 7.74. The van der Waals surface area contributed by atoms with Gasteiger partial charge in [0.05, 0.1) is 0 Å². The third-order valence-electron chi connectivity index (χ3n) is 6.15. The van der Waals surface area contributed by atoms with Crippen molar-refractivity contribution in [1.29, 1.82) is 0 Å². The zero-order valence-electron chi connectivity index (χ0n) is 17.8. The van der Waals surface area contributed by atoms with E-state index in [1.165, 1.54) is 71.2 Å². The van der Waals surface area contributed by atoms with E-state index in [2.05, 4.69) is 48.3 Å². The Balaban J connectivity index is 1.63. The number of nitrogens with one attached hydrogen (secondary N) is 2. The minimum Gasteiger partial charge on any atom is -0.357 e. The first-order chi connectivity index (χ1) is 12.6. The van der Waals surface area contributed by atoms with Crippen LogP contribution in [0.15, 0.2) is 4.99 Å². The van der Waals surface area contributed by atoms with Crippen LogP contribution in [0.5, 0.6) is 0 Å². The molecule has 0 amide bonds. The fourth-order valence-electron chi connectivity index (χ4n) is 4.15. The monoisotopic (exact) mass is 365 g/mol. The lowest BCUT2D eigenvalue weighted by molar-refractivity contribution is 0.152. The fourth-order valence-corrected chi connectivity index (χ4v) is 4.15. The van der Waals surface area contributed by atoms with Crippen molar-refractivity contribution in [3.05, 3.63) is 0 Å². The molecule has 1 heterocycles. The molecular formula is C21H43N5. The normalized spacial score (nSPS) is 26.3. The van der Waals surface area contributed by atoms with Crippen LogP contribution in [0.4, 0.5) is 0 Å². The van der Waals surface area contributed by atoms with Gasteiger partial charge in [-0.1, -0.05) is 13.8 Å². The molecule has 5 nitrogen and oxygen atoms in total. The van der Waals surface area contributed by atoms with Gasteiger partial charge >= 0.3 is 0 Å². The van der Waals surface area contributed by atoms with Crippen LogP contribution in [0.1, 0.15) is 59.3 Å². The molecule has 0 spiro atoms. The Morgan fingerprint density at radius 2 is 1.73 bits per heavy atom. The molecule has 26 heavy (non-hydrogen) atoms. The predicted octanol–water partition coefficient (Wildman–Crippen LogP) is 2.78. The number of hydrogen-bond donors (Lipinski definition) is 2. The number of guanidine groups is 1. The first kappa shape index (κ1) is 21.5. The molecule has 5 heteroatoms. The van der Waals surface area contributed by atoms with Crippen molar-refractivity contribution in [3.63, 3.8) is 0 Å². The second kappa shape index (κ2) is 11.8. The van der Waals surface area contributed by atoms with Crippen molar-refractivity contribution in [1.82, 2.24) is 20.4 Å². The largest absolute Gasteiger partial charge is 0.357 e. The quantitative estimate of drug-likeness (QED) is 0.394. The molecule has 0 radical (unpaired) electrons. The predicted molar refractivity (Wildman–Crippen MR) is 113 cm³/mol. The Kier molecular flexibility index (Phi) is 9.76. The Hall–Kier alpha value is -0.810. The highest BCUT2D eigenvalue weighted by molar-refractivity contribution is 5.80. The zero-order valence-corrected chi connectivity index (χ0v) is 17.8. The molecule has 2 fully saturated rings. The molecule has 2 rings (SSSR count). The van der Waals surface area contributed by atoms with E-state index in [0.717, 1.165) is 30.9 Å². The molecular weight excluding hydrogens is 322 g/mol. The molecule has 0 bridgehead atoms. The van der Waals surface area contributed by atoms with Crippen molar-refractivity contribution in [2.24, 2.45) is 16.8 Å². The fraction of sp³-hybridized carbons (Fsp3) is 0.952. The lowest BCUT2D eigenvalue weighted by Crippen LogP contribution is -2.45. The van der Waals surface area contributed by atoms with Gasteiger partial charge in [-0.05, 0) is 70.9 Å². The SMILES string of the molecule is CCNC(=NCCCCN1CCN(C)CC1)NC1CCC(C(C)C)CC1. The number of piperazine rings is 1. The number of nitrogens with zero attached hydrogens (tertiary/aromatic N) is 3. The summed E-state index contributed by atoms with van der Waals surface area (Å²) in [5.41, 5.74) is 0. The molecule has 0 aromatic carbocycles. The van der Waals surface area contributed by atoms with Crippen molar-refractivity contribution in [3.8, 4) is 0 Å². The summed E-state index contributed by atoms with van der Waals surface area (Å²) >= 11 is 0. The first-order valence-corrected chi connectivity index (χ1v) is 11.0. The van der Waals surface area contributed by atoms with Crippen LogP contribution < -0.4 is 10.6 Å². The van der Waals surface area contributed by atoms with E-state index in [-0.39, 0.29) is 0 Å². The van der Waals surface area contributed by atoms with Crippen molar-refractivity contribution < 1.29 is 0 Å². The highest BCUT2D eigenvalue weighted by atomic mass is 15.2. The first-order valence-electron chi connectivity index (χ1n) is 11.0. The average Bonchev–Trinajstić information content (AvgIpc) is 2.63. The summed E-state index contributed by atoms with van der Waals surface area (Å²) in [6, 6.07) is 0.605. The lowest BCUT2D eigenvalue weighted by atomic mass is 9.80. The van der Waals surface area contributed by atoms with E-state index in [9.17, 15) is 0 Å². The summed E-state index contributed by atoms with van der Waals surface area (Å²) in [5, 5.41) is 7.12. The van der Waals surface area contributed by atoms with Crippen molar-refractivity contribution in [2.45, 2.75) is 65.3 Å². The second-order valence-corrected chi connectivity index (χ2v) is 8.61. The Bertz CT molecular complexity index is 393. The minimum absolute atomic E-state index is 0.605. The molecule has 0 aromatic rings. The third-order valence-corrected chi connectivity index (χ3v) is 6.15. The van der Waals surface area contributed by atoms with Crippen LogP contribution in [0.2, 0.25) is 0 Å². The molecule has 0 aromatic heterocycles. The highest BCUT2D eigenvalue weighted by Crippen LogP contribution is 2.29. The van der Waals surface area contributed by atoms with E-state index in [1.807, 2.05) is 0 Å². The maximum atomic E-state index is 4.82. The topological polar surface area (TPSA) is 42.9 Å². The van der Waals surface area contributed by atoms with Crippen LogP contribution >= 0.6 is 0 Å². The van der Waals surface area contributed by atoms with Gasteiger partial charge in [-0.3, -0.25) is 4.99 Å². The summed E-state index contributed by atoms with van der Waals surface area (Å²) in [6.45, 7) is 14.9. The van der Waals surface area contributed by atoms with Gasteiger partial charge in [0.1, 0.15) is 0 Å². The second-order valence-electron chi connectivity index (χ2n) is 8.61.